The van der Waals surface area contributed by atoms with Gasteiger partial charge in [-0.3, -0.25) is 4.98 Å². The fraction of sp³-hybridized carbons (Fsp3) is 0.583. The monoisotopic (exact) mass is 208 g/mol. The van der Waals surface area contributed by atoms with Crippen molar-refractivity contribution in [2.24, 2.45) is 0 Å². The molecule has 0 atom stereocenters. The molecule has 1 rings (SSSR count). The highest BCUT2D eigenvalue weighted by Gasteiger charge is 2.20. The molecule has 15 heavy (non-hydrogen) atoms. The molecule has 84 valence electrons. The summed E-state index contributed by atoms with van der Waals surface area (Å²) in [6.07, 6.45) is 5.16. The molecule has 0 fully saturated rings. The molecule has 2 N–H and O–H groups in total. The molecule has 1 aromatic rings. The molecule has 0 saturated heterocycles. The topological polar surface area (TPSA) is 45.1 Å². The molecule has 0 aliphatic rings. The van der Waals surface area contributed by atoms with Crippen molar-refractivity contribution in [1.82, 2.24) is 10.3 Å². The summed E-state index contributed by atoms with van der Waals surface area (Å²) in [6, 6.07) is 3.94. The number of hydrogen-bond donors (Lipinski definition) is 2. The molecule has 0 spiro atoms. The van der Waals surface area contributed by atoms with Gasteiger partial charge in [-0.1, -0.05) is 19.9 Å². The highest BCUT2D eigenvalue weighted by Crippen LogP contribution is 2.12. The Morgan fingerprint density at radius 2 is 2.13 bits per heavy atom. The van der Waals surface area contributed by atoms with Gasteiger partial charge in [-0.2, -0.15) is 0 Å². The van der Waals surface area contributed by atoms with E-state index >= 15 is 0 Å². The molecule has 3 heteroatoms. The molecule has 1 aromatic heterocycles. The molecular weight excluding hydrogens is 188 g/mol. The summed E-state index contributed by atoms with van der Waals surface area (Å²) in [5.41, 5.74) is 0.578. The predicted octanol–water partition coefficient (Wildman–Crippen LogP) is 1.72. The average molecular weight is 208 g/mol. The zero-order valence-electron chi connectivity index (χ0n) is 9.53. The number of nitrogens with one attached hydrogen (secondary N) is 1. The lowest BCUT2D eigenvalue weighted by Gasteiger charge is -2.25. The van der Waals surface area contributed by atoms with Crippen LogP contribution in [-0.4, -0.2) is 22.2 Å². The summed E-state index contributed by atoms with van der Waals surface area (Å²) < 4.78 is 0. The molecule has 0 aliphatic heterocycles. The fourth-order valence-electron chi connectivity index (χ4n) is 1.44. The van der Waals surface area contributed by atoms with Crippen molar-refractivity contribution >= 4 is 0 Å². The van der Waals surface area contributed by atoms with Crippen LogP contribution in [0.1, 0.15) is 32.3 Å². The number of nitrogens with zero attached hydrogens (tertiary/aromatic N) is 1. The van der Waals surface area contributed by atoms with Crippen LogP contribution in [0.2, 0.25) is 0 Å². The standard InChI is InChI=1S/C12H20N2O/c1-3-12(15,4-2)10-14-9-11-6-5-7-13-8-11/h5-8,14-15H,3-4,9-10H2,1-2H3. The minimum absolute atomic E-state index is 0.567. The SMILES string of the molecule is CCC(O)(CC)CNCc1cccnc1. The molecule has 0 aliphatic carbocycles. The summed E-state index contributed by atoms with van der Waals surface area (Å²) in [5.74, 6) is 0. The van der Waals surface area contributed by atoms with E-state index < -0.39 is 5.60 Å². The van der Waals surface area contributed by atoms with Gasteiger partial charge in [0, 0.05) is 25.5 Å². The summed E-state index contributed by atoms with van der Waals surface area (Å²) in [6.45, 7) is 5.41. The van der Waals surface area contributed by atoms with E-state index in [4.69, 9.17) is 0 Å². The van der Waals surface area contributed by atoms with Gasteiger partial charge in [0.25, 0.3) is 0 Å². The maximum absolute atomic E-state index is 10.0. The van der Waals surface area contributed by atoms with E-state index in [2.05, 4.69) is 10.3 Å². The van der Waals surface area contributed by atoms with E-state index in [1.807, 2.05) is 32.2 Å². The zero-order valence-corrected chi connectivity index (χ0v) is 9.53. The first kappa shape index (κ1) is 12.1. The highest BCUT2D eigenvalue weighted by atomic mass is 16.3. The minimum atomic E-state index is -0.567. The molecule has 0 radical (unpaired) electrons. The molecule has 0 saturated carbocycles. The van der Waals surface area contributed by atoms with Gasteiger partial charge in [0.15, 0.2) is 0 Å². The Kier molecular flexibility index (Phi) is 4.72. The summed E-state index contributed by atoms with van der Waals surface area (Å²) in [5, 5.41) is 13.3. The van der Waals surface area contributed by atoms with Crippen LogP contribution in [0.3, 0.4) is 0 Å². The third-order valence-electron chi connectivity index (χ3n) is 2.82. The van der Waals surface area contributed by atoms with Gasteiger partial charge in [-0.25, -0.2) is 0 Å². The highest BCUT2D eigenvalue weighted by molar-refractivity contribution is 5.07. The predicted molar refractivity (Wildman–Crippen MR) is 61.5 cm³/mol. The van der Waals surface area contributed by atoms with Gasteiger partial charge in [0.1, 0.15) is 0 Å². The van der Waals surface area contributed by atoms with Crippen LogP contribution in [0.15, 0.2) is 24.5 Å². The molecule has 0 aromatic carbocycles. The van der Waals surface area contributed by atoms with Crippen molar-refractivity contribution < 1.29 is 5.11 Å². The van der Waals surface area contributed by atoms with Crippen molar-refractivity contribution in [3.8, 4) is 0 Å². The maximum atomic E-state index is 10.0. The quantitative estimate of drug-likeness (QED) is 0.748. The number of aromatic nitrogens is 1. The largest absolute Gasteiger partial charge is 0.389 e. The molecule has 0 unspecified atom stereocenters. The Morgan fingerprint density at radius 1 is 1.40 bits per heavy atom. The first-order valence-electron chi connectivity index (χ1n) is 5.52. The van der Waals surface area contributed by atoms with Crippen molar-refractivity contribution in [2.45, 2.75) is 38.8 Å². The second-order valence-electron chi connectivity index (χ2n) is 3.90. The lowest BCUT2D eigenvalue weighted by Crippen LogP contribution is -2.39. The van der Waals surface area contributed by atoms with Gasteiger partial charge >= 0.3 is 0 Å². The Bertz CT molecular complexity index is 270. The summed E-state index contributed by atoms with van der Waals surface area (Å²) in [7, 11) is 0. The number of rotatable bonds is 6. The van der Waals surface area contributed by atoms with Crippen molar-refractivity contribution in [1.29, 1.82) is 0 Å². The van der Waals surface area contributed by atoms with E-state index in [0.717, 1.165) is 24.9 Å². The Hall–Kier alpha value is -0.930. The average Bonchev–Trinajstić information content (AvgIpc) is 2.30. The summed E-state index contributed by atoms with van der Waals surface area (Å²) >= 11 is 0. The molecule has 0 bridgehead atoms. The van der Waals surface area contributed by atoms with Gasteiger partial charge in [-0.05, 0) is 24.5 Å². The van der Waals surface area contributed by atoms with E-state index in [1.165, 1.54) is 0 Å². The van der Waals surface area contributed by atoms with E-state index in [1.54, 1.807) is 6.20 Å². The lowest BCUT2D eigenvalue weighted by atomic mass is 9.97. The van der Waals surface area contributed by atoms with E-state index in [9.17, 15) is 5.11 Å². The normalized spacial score (nSPS) is 11.7. The fourth-order valence-corrected chi connectivity index (χ4v) is 1.44. The van der Waals surface area contributed by atoms with Crippen molar-refractivity contribution in [3.63, 3.8) is 0 Å². The van der Waals surface area contributed by atoms with Crippen LogP contribution >= 0.6 is 0 Å². The Morgan fingerprint density at radius 3 is 2.67 bits per heavy atom. The third kappa shape index (κ3) is 3.98. The van der Waals surface area contributed by atoms with Crippen LogP contribution < -0.4 is 5.32 Å². The van der Waals surface area contributed by atoms with Crippen LogP contribution in [0.4, 0.5) is 0 Å². The number of aliphatic hydroxyl groups is 1. The second kappa shape index (κ2) is 5.83. The van der Waals surface area contributed by atoms with E-state index in [0.29, 0.717) is 6.54 Å². The number of pyridine rings is 1. The third-order valence-corrected chi connectivity index (χ3v) is 2.82. The minimum Gasteiger partial charge on any atom is -0.389 e. The van der Waals surface area contributed by atoms with Gasteiger partial charge in [0.2, 0.25) is 0 Å². The Labute approximate surface area is 91.5 Å². The molecule has 0 amide bonds. The van der Waals surface area contributed by atoms with Crippen LogP contribution in [0.25, 0.3) is 0 Å². The van der Waals surface area contributed by atoms with Gasteiger partial charge < -0.3 is 10.4 Å². The van der Waals surface area contributed by atoms with Gasteiger partial charge in [-0.15, -0.1) is 0 Å². The second-order valence-corrected chi connectivity index (χ2v) is 3.90. The lowest BCUT2D eigenvalue weighted by molar-refractivity contribution is 0.0323. The summed E-state index contributed by atoms with van der Waals surface area (Å²) in [4.78, 5) is 4.04. The number of hydrogen-bond acceptors (Lipinski definition) is 3. The van der Waals surface area contributed by atoms with Gasteiger partial charge in [0.05, 0.1) is 5.60 Å². The maximum Gasteiger partial charge on any atom is 0.0766 e. The van der Waals surface area contributed by atoms with Crippen LogP contribution in [0.5, 0.6) is 0 Å². The van der Waals surface area contributed by atoms with E-state index in [-0.39, 0.29) is 0 Å². The molecule has 1 heterocycles. The first-order chi connectivity index (χ1) is 7.20. The van der Waals surface area contributed by atoms with Crippen LogP contribution in [-0.2, 0) is 6.54 Å². The molecule has 3 nitrogen and oxygen atoms in total. The molecular formula is C12H20N2O. The smallest absolute Gasteiger partial charge is 0.0766 e. The van der Waals surface area contributed by atoms with Crippen molar-refractivity contribution in [2.75, 3.05) is 6.54 Å². The van der Waals surface area contributed by atoms with Crippen LogP contribution in [0, 0.1) is 0 Å². The first-order valence-corrected chi connectivity index (χ1v) is 5.52. The Balaban J connectivity index is 2.33. The zero-order chi connectivity index (χ0) is 11.1. The van der Waals surface area contributed by atoms with Crippen molar-refractivity contribution in [3.05, 3.63) is 30.1 Å².